The monoisotopic (exact) mass is 267 g/mol. The molecule has 0 radical (unpaired) electrons. The lowest BCUT2D eigenvalue weighted by Gasteiger charge is -2.20. The second-order valence-electron chi connectivity index (χ2n) is 4.45. The number of nitrogens with two attached hydrogens (primary N) is 2. The summed E-state index contributed by atoms with van der Waals surface area (Å²) in [6.45, 7) is 2.27. The van der Waals surface area contributed by atoms with Crippen LogP contribution in [0.1, 0.15) is 23.9 Å². The van der Waals surface area contributed by atoms with Crippen LogP contribution in [-0.2, 0) is 17.6 Å². The maximum Gasteiger partial charge on any atom is 0.216 e. The van der Waals surface area contributed by atoms with Gasteiger partial charge in [-0.05, 0) is 25.2 Å². The van der Waals surface area contributed by atoms with Crippen molar-refractivity contribution in [3.05, 3.63) is 10.6 Å². The van der Waals surface area contributed by atoms with Gasteiger partial charge < -0.3 is 16.8 Å². The van der Waals surface area contributed by atoms with Gasteiger partial charge in [0.15, 0.2) is 5.96 Å². The Morgan fingerprint density at radius 1 is 1.61 bits per heavy atom. The summed E-state index contributed by atoms with van der Waals surface area (Å²) in [7, 11) is 0. The van der Waals surface area contributed by atoms with E-state index in [1.54, 1.807) is 0 Å². The van der Waals surface area contributed by atoms with Crippen molar-refractivity contribution in [2.24, 2.45) is 22.4 Å². The first-order chi connectivity index (χ1) is 8.54. The molecule has 5 N–H and O–H groups in total. The Balaban J connectivity index is 2.03. The minimum atomic E-state index is 0.0197. The van der Waals surface area contributed by atoms with Crippen molar-refractivity contribution in [2.45, 2.75) is 26.2 Å². The van der Waals surface area contributed by atoms with Gasteiger partial charge in [0.2, 0.25) is 11.0 Å². The molecule has 1 heterocycles. The fourth-order valence-electron chi connectivity index (χ4n) is 2.05. The molecule has 2 rings (SSSR count). The van der Waals surface area contributed by atoms with Crippen molar-refractivity contribution in [1.29, 1.82) is 0 Å². The number of aliphatic imine (C=N–C) groups is 1. The van der Waals surface area contributed by atoms with Gasteiger partial charge in [-0.15, -0.1) is 0 Å². The molecule has 0 bridgehead atoms. The molecule has 1 unspecified atom stereocenters. The molecule has 0 aliphatic heterocycles. The first-order valence-electron chi connectivity index (χ1n) is 5.87. The van der Waals surface area contributed by atoms with Crippen LogP contribution < -0.4 is 16.8 Å². The average molecular weight is 267 g/mol. The third kappa shape index (κ3) is 3.19. The van der Waals surface area contributed by atoms with Gasteiger partial charge in [0, 0.05) is 18.3 Å². The molecule has 98 valence electrons. The van der Waals surface area contributed by atoms with E-state index in [-0.39, 0.29) is 11.9 Å². The first-order valence-corrected chi connectivity index (χ1v) is 6.69. The Kier molecular flexibility index (Phi) is 3.81. The van der Waals surface area contributed by atoms with Crippen LogP contribution in [0.5, 0.6) is 0 Å². The normalized spacial score (nSPS) is 17.9. The number of aryl methyl sites for hydroxylation is 1. The molecule has 1 amide bonds. The fraction of sp³-hybridized carbons (Fsp3) is 0.545. The number of thiazole rings is 1. The van der Waals surface area contributed by atoms with Gasteiger partial charge in [-0.1, -0.05) is 11.3 Å². The van der Waals surface area contributed by atoms with E-state index >= 15 is 0 Å². The molecule has 6 nitrogen and oxygen atoms in total. The summed E-state index contributed by atoms with van der Waals surface area (Å²) in [5, 5.41) is 3.49. The number of rotatable bonds is 3. The number of nitrogens with zero attached hydrogens (tertiary/aromatic N) is 2. The van der Waals surface area contributed by atoms with E-state index in [1.165, 1.54) is 23.1 Å². The maximum absolute atomic E-state index is 10.9. The maximum atomic E-state index is 10.9. The summed E-state index contributed by atoms with van der Waals surface area (Å²) < 4.78 is 0. The van der Waals surface area contributed by atoms with Gasteiger partial charge >= 0.3 is 0 Å². The lowest BCUT2D eigenvalue weighted by atomic mass is 9.91. The summed E-state index contributed by atoms with van der Waals surface area (Å²) >= 11 is 1.53. The van der Waals surface area contributed by atoms with E-state index in [2.05, 4.69) is 15.3 Å². The Morgan fingerprint density at radius 3 is 3.06 bits per heavy atom. The van der Waals surface area contributed by atoms with Gasteiger partial charge in [0.05, 0.1) is 5.69 Å². The van der Waals surface area contributed by atoms with E-state index in [0.29, 0.717) is 11.0 Å². The van der Waals surface area contributed by atoms with Crippen molar-refractivity contribution in [3.8, 4) is 0 Å². The zero-order chi connectivity index (χ0) is 13.1. The zero-order valence-corrected chi connectivity index (χ0v) is 11.1. The standard InChI is InChI=1S/C11H17N5OS/c1-6(17)14-5-7-2-3-8-9(4-7)18-11(15-8)16-10(12)13/h7H,2-5H2,1H3,(H,14,17)(H4,12,13,15,16). The molecule has 18 heavy (non-hydrogen) atoms. The molecular weight excluding hydrogens is 250 g/mol. The highest BCUT2D eigenvalue weighted by Crippen LogP contribution is 2.33. The molecule has 1 aliphatic carbocycles. The third-order valence-corrected chi connectivity index (χ3v) is 3.91. The van der Waals surface area contributed by atoms with Crippen LogP contribution in [0, 0.1) is 5.92 Å². The number of hydrogen-bond donors (Lipinski definition) is 3. The second-order valence-corrected chi connectivity index (χ2v) is 5.51. The summed E-state index contributed by atoms with van der Waals surface area (Å²) in [6.07, 6.45) is 2.90. The summed E-state index contributed by atoms with van der Waals surface area (Å²) in [6, 6.07) is 0. The van der Waals surface area contributed by atoms with Gasteiger partial charge in [0.1, 0.15) is 0 Å². The molecule has 0 saturated heterocycles. The molecule has 0 fully saturated rings. The predicted molar refractivity (Wildman–Crippen MR) is 71.8 cm³/mol. The zero-order valence-electron chi connectivity index (χ0n) is 10.3. The molecule has 7 heteroatoms. The molecule has 0 aromatic carbocycles. The molecule has 1 aromatic rings. The highest BCUT2D eigenvalue weighted by atomic mass is 32.1. The van der Waals surface area contributed by atoms with Crippen molar-refractivity contribution < 1.29 is 4.79 Å². The lowest BCUT2D eigenvalue weighted by molar-refractivity contribution is -0.119. The van der Waals surface area contributed by atoms with Crippen LogP contribution in [0.15, 0.2) is 4.99 Å². The topological polar surface area (TPSA) is 106 Å². The Morgan fingerprint density at radius 2 is 2.39 bits per heavy atom. The van der Waals surface area contributed by atoms with E-state index < -0.39 is 0 Å². The minimum Gasteiger partial charge on any atom is -0.370 e. The van der Waals surface area contributed by atoms with Gasteiger partial charge in [-0.3, -0.25) is 4.79 Å². The van der Waals surface area contributed by atoms with Crippen LogP contribution in [0.2, 0.25) is 0 Å². The van der Waals surface area contributed by atoms with Crippen LogP contribution in [-0.4, -0.2) is 23.4 Å². The fourth-order valence-corrected chi connectivity index (χ4v) is 3.16. The van der Waals surface area contributed by atoms with Crippen molar-refractivity contribution in [1.82, 2.24) is 10.3 Å². The minimum absolute atomic E-state index is 0.0197. The summed E-state index contributed by atoms with van der Waals surface area (Å²) in [5.74, 6) is 0.538. The Labute approximate surface area is 109 Å². The van der Waals surface area contributed by atoms with Crippen LogP contribution >= 0.6 is 11.3 Å². The molecule has 0 spiro atoms. The van der Waals surface area contributed by atoms with Crippen molar-refractivity contribution >= 4 is 28.3 Å². The highest BCUT2D eigenvalue weighted by molar-refractivity contribution is 7.15. The lowest BCUT2D eigenvalue weighted by Crippen LogP contribution is -2.29. The molecule has 1 aliphatic rings. The number of carbonyl (C=O) groups excluding carboxylic acids is 1. The van der Waals surface area contributed by atoms with E-state index in [4.69, 9.17) is 11.5 Å². The molecule has 0 saturated carbocycles. The predicted octanol–water partition coefficient (Wildman–Crippen LogP) is 0.289. The number of carbonyl (C=O) groups is 1. The van der Waals surface area contributed by atoms with Crippen molar-refractivity contribution in [3.63, 3.8) is 0 Å². The first kappa shape index (κ1) is 12.8. The Bertz CT molecular complexity index is 478. The number of aromatic nitrogens is 1. The van der Waals surface area contributed by atoms with E-state index in [1.807, 2.05) is 0 Å². The highest BCUT2D eigenvalue weighted by Gasteiger charge is 2.22. The smallest absolute Gasteiger partial charge is 0.216 e. The van der Waals surface area contributed by atoms with E-state index in [0.717, 1.165) is 31.5 Å². The van der Waals surface area contributed by atoms with Crippen LogP contribution in [0.3, 0.4) is 0 Å². The number of amides is 1. The largest absolute Gasteiger partial charge is 0.370 e. The number of hydrogen-bond acceptors (Lipinski definition) is 4. The molecule has 1 atom stereocenters. The second kappa shape index (κ2) is 5.34. The number of fused-ring (bicyclic) bond motifs is 1. The van der Waals surface area contributed by atoms with Gasteiger partial charge in [0.25, 0.3) is 0 Å². The summed E-state index contributed by atoms with van der Waals surface area (Å²) in [4.78, 5) is 20.5. The number of nitrogens with one attached hydrogen (secondary N) is 1. The van der Waals surface area contributed by atoms with E-state index in [9.17, 15) is 4.79 Å². The number of guanidine groups is 1. The SMILES string of the molecule is CC(=O)NCC1CCc2nc(N=C(N)N)sc2C1. The van der Waals surface area contributed by atoms with Crippen LogP contribution in [0.25, 0.3) is 0 Å². The average Bonchev–Trinajstić information content (AvgIpc) is 2.66. The molecular formula is C11H17N5OS. The van der Waals surface area contributed by atoms with Gasteiger partial charge in [-0.2, -0.15) is 4.99 Å². The van der Waals surface area contributed by atoms with Crippen LogP contribution in [0.4, 0.5) is 5.13 Å². The third-order valence-electron chi connectivity index (χ3n) is 2.89. The van der Waals surface area contributed by atoms with Gasteiger partial charge in [-0.25, -0.2) is 4.98 Å². The quantitative estimate of drug-likeness (QED) is 0.540. The van der Waals surface area contributed by atoms with Crippen molar-refractivity contribution in [2.75, 3.05) is 6.54 Å². The molecule has 1 aromatic heterocycles. The Hall–Kier alpha value is -1.63. The summed E-state index contributed by atoms with van der Waals surface area (Å²) in [5.41, 5.74) is 11.8.